The Labute approximate surface area is 99.5 Å². The van der Waals surface area contributed by atoms with Gasteiger partial charge in [-0.05, 0) is 19.1 Å². The molecule has 1 aromatic heterocycles. The van der Waals surface area contributed by atoms with Crippen LogP contribution in [-0.4, -0.2) is 6.04 Å². The summed E-state index contributed by atoms with van der Waals surface area (Å²) >= 11 is 0. The standard InChI is InChI=1S/C14H14FNO/c1-9-8-13-11(6-7-17-13)14(16-9)10-4-2-3-5-12(10)15/h2-7,9,14,16H,8H2,1H3. The predicted octanol–water partition coefficient (Wildman–Crippen LogP) is 3.04. The number of fused-ring (bicyclic) bond motifs is 1. The highest BCUT2D eigenvalue weighted by atomic mass is 19.1. The lowest BCUT2D eigenvalue weighted by atomic mass is 9.92. The molecule has 0 spiro atoms. The molecular formula is C14H14FNO. The highest BCUT2D eigenvalue weighted by Gasteiger charge is 2.28. The SMILES string of the molecule is CC1Cc2occc2C(c2ccccc2F)N1. The van der Waals surface area contributed by atoms with E-state index in [-0.39, 0.29) is 11.9 Å². The van der Waals surface area contributed by atoms with Gasteiger partial charge in [-0.3, -0.25) is 0 Å². The van der Waals surface area contributed by atoms with Gasteiger partial charge in [0, 0.05) is 23.6 Å². The number of hydrogen-bond acceptors (Lipinski definition) is 2. The zero-order chi connectivity index (χ0) is 11.8. The molecule has 3 heteroatoms. The van der Waals surface area contributed by atoms with Crippen molar-refractivity contribution >= 4 is 0 Å². The van der Waals surface area contributed by atoms with E-state index in [9.17, 15) is 4.39 Å². The Morgan fingerprint density at radius 1 is 1.24 bits per heavy atom. The van der Waals surface area contributed by atoms with Gasteiger partial charge in [-0.15, -0.1) is 0 Å². The van der Waals surface area contributed by atoms with Crippen LogP contribution in [0.4, 0.5) is 4.39 Å². The molecule has 1 aromatic carbocycles. The number of furan rings is 1. The van der Waals surface area contributed by atoms with E-state index in [1.54, 1.807) is 12.3 Å². The molecule has 0 radical (unpaired) electrons. The van der Waals surface area contributed by atoms with Gasteiger partial charge in [-0.2, -0.15) is 0 Å². The van der Waals surface area contributed by atoms with Crippen LogP contribution < -0.4 is 5.32 Å². The van der Waals surface area contributed by atoms with E-state index >= 15 is 0 Å². The Morgan fingerprint density at radius 3 is 2.88 bits per heavy atom. The minimum absolute atomic E-state index is 0.103. The fourth-order valence-electron chi connectivity index (χ4n) is 2.45. The second-order valence-corrected chi connectivity index (χ2v) is 4.53. The zero-order valence-corrected chi connectivity index (χ0v) is 9.61. The van der Waals surface area contributed by atoms with E-state index < -0.39 is 0 Å². The van der Waals surface area contributed by atoms with Crippen LogP contribution in [0.25, 0.3) is 0 Å². The molecule has 1 N–H and O–H groups in total. The van der Waals surface area contributed by atoms with Crippen molar-refractivity contribution in [2.75, 3.05) is 0 Å². The fraction of sp³-hybridized carbons (Fsp3) is 0.286. The summed E-state index contributed by atoms with van der Waals surface area (Å²) in [7, 11) is 0. The maximum absolute atomic E-state index is 13.8. The molecule has 0 amide bonds. The molecule has 2 nitrogen and oxygen atoms in total. The second kappa shape index (κ2) is 4.00. The first kappa shape index (κ1) is 10.5. The summed E-state index contributed by atoms with van der Waals surface area (Å²) in [5.41, 5.74) is 1.73. The summed E-state index contributed by atoms with van der Waals surface area (Å²) in [6.07, 6.45) is 2.53. The van der Waals surface area contributed by atoms with Crippen LogP contribution in [0, 0.1) is 5.82 Å². The topological polar surface area (TPSA) is 25.2 Å². The highest BCUT2D eigenvalue weighted by Crippen LogP contribution is 2.32. The normalized spacial score (nSPS) is 23.4. The average molecular weight is 231 g/mol. The number of nitrogens with one attached hydrogen (secondary N) is 1. The van der Waals surface area contributed by atoms with Crippen LogP contribution >= 0.6 is 0 Å². The number of hydrogen-bond donors (Lipinski definition) is 1. The van der Waals surface area contributed by atoms with Crippen LogP contribution in [-0.2, 0) is 6.42 Å². The first-order chi connectivity index (χ1) is 8.25. The molecule has 2 unspecified atom stereocenters. The summed E-state index contributed by atoms with van der Waals surface area (Å²) in [6, 6.07) is 9.00. The third kappa shape index (κ3) is 1.76. The van der Waals surface area contributed by atoms with Crippen molar-refractivity contribution < 1.29 is 8.81 Å². The molecule has 0 aliphatic carbocycles. The molecule has 17 heavy (non-hydrogen) atoms. The van der Waals surface area contributed by atoms with E-state index in [0.29, 0.717) is 11.6 Å². The van der Waals surface area contributed by atoms with Crippen molar-refractivity contribution in [3.05, 3.63) is 59.3 Å². The van der Waals surface area contributed by atoms with Gasteiger partial charge in [0.25, 0.3) is 0 Å². The Kier molecular flexibility index (Phi) is 2.48. The van der Waals surface area contributed by atoms with Crippen molar-refractivity contribution in [1.29, 1.82) is 0 Å². The molecule has 0 saturated carbocycles. The van der Waals surface area contributed by atoms with E-state index in [1.807, 2.05) is 18.2 Å². The molecule has 2 atom stereocenters. The summed E-state index contributed by atoms with van der Waals surface area (Å²) < 4.78 is 19.3. The smallest absolute Gasteiger partial charge is 0.128 e. The van der Waals surface area contributed by atoms with Crippen LogP contribution in [0.5, 0.6) is 0 Å². The van der Waals surface area contributed by atoms with Gasteiger partial charge in [0.05, 0.1) is 12.3 Å². The molecule has 88 valence electrons. The Bertz CT molecular complexity index is 535. The molecule has 1 aliphatic heterocycles. The largest absolute Gasteiger partial charge is 0.469 e. The van der Waals surface area contributed by atoms with E-state index in [4.69, 9.17) is 4.42 Å². The maximum atomic E-state index is 13.8. The molecule has 3 rings (SSSR count). The molecule has 2 aromatic rings. The number of halogens is 1. The fourth-order valence-corrected chi connectivity index (χ4v) is 2.45. The Morgan fingerprint density at radius 2 is 2.06 bits per heavy atom. The summed E-state index contributed by atoms with van der Waals surface area (Å²) in [5.74, 6) is 0.788. The van der Waals surface area contributed by atoms with Gasteiger partial charge >= 0.3 is 0 Å². The summed E-state index contributed by atoms with van der Waals surface area (Å²) in [6.45, 7) is 2.08. The van der Waals surface area contributed by atoms with Gasteiger partial charge in [0.2, 0.25) is 0 Å². The first-order valence-electron chi connectivity index (χ1n) is 5.82. The minimum Gasteiger partial charge on any atom is -0.469 e. The van der Waals surface area contributed by atoms with E-state index in [1.165, 1.54) is 6.07 Å². The third-order valence-corrected chi connectivity index (χ3v) is 3.25. The molecule has 1 aliphatic rings. The number of benzene rings is 1. The van der Waals surface area contributed by atoms with Crippen molar-refractivity contribution in [3.63, 3.8) is 0 Å². The monoisotopic (exact) mass is 231 g/mol. The van der Waals surface area contributed by atoms with Crippen molar-refractivity contribution in [2.24, 2.45) is 0 Å². The quantitative estimate of drug-likeness (QED) is 0.816. The summed E-state index contributed by atoms with van der Waals surface area (Å²) in [4.78, 5) is 0. The van der Waals surface area contributed by atoms with Crippen molar-refractivity contribution in [1.82, 2.24) is 5.32 Å². The van der Waals surface area contributed by atoms with Gasteiger partial charge < -0.3 is 9.73 Å². The van der Waals surface area contributed by atoms with Crippen LogP contribution in [0.15, 0.2) is 41.0 Å². The second-order valence-electron chi connectivity index (χ2n) is 4.53. The lowest BCUT2D eigenvalue weighted by Crippen LogP contribution is -2.37. The Balaban J connectivity index is 2.08. The molecule has 2 heterocycles. The summed E-state index contributed by atoms with van der Waals surface area (Å²) in [5, 5.41) is 3.42. The number of rotatable bonds is 1. The first-order valence-corrected chi connectivity index (χ1v) is 5.82. The van der Waals surface area contributed by atoms with Crippen LogP contribution in [0.2, 0.25) is 0 Å². The van der Waals surface area contributed by atoms with E-state index in [2.05, 4.69) is 12.2 Å². The molecule has 0 fully saturated rings. The average Bonchev–Trinajstić information content (AvgIpc) is 2.76. The van der Waals surface area contributed by atoms with E-state index in [0.717, 1.165) is 17.7 Å². The lowest BCUT2D eigenvalue weighted by Gasteiger charge is -2.28. The zero-order valence-electron chi connectivity index (χ0n) is 9.61. The van der Waals surface area contributed by atoms with Gasteiger partial charge in [-0.25, -0.2) is 4.39 Å². The predicted molar refractivity (Wildman–Crippen MR) is 63.3 cm³/mol. The van der Waals surface area contributed by atoms with Gasteiger partial charge in [0.1, 0.15) is 11.6 Å². The van der Waals surface area contributed by atoms with Crippen LogP contribution in [0.3, 0.4) is 0 Å². The van der Waals surface area contributed by atoms with Crippen molar-refractivity contribution in [3.8, 4) is 0 Å². The van der Waals surface area contributed by atoms with Gasteiger partial charge in [-0.1, -0.05) is 18.2 Å². The maximum Gasteiger partial charge on any atom is 0.128 e. The van der Waals surface area contributed by atoms with Gasteiger partial charge in [0.15, 0.2) is 0 Å². The van der Waals surface area contributed by atoms with Crippen molar-refractivity contribution in [2.45, 2.75) is 25.4 Å². The highest BCUT2D eigenvalue weighted by molar-refractivity contribution is 5.36. The Hall–Kier alpha value is -1.61. The lowest BCUT2D eigenvalue weighted by molar-refractivity contribution is 0.394. The molecule has 0 saturated heterocycles. The molecule has 0 bridgehead atoms. The third-order valence-electron chi connectivity index (χ3n) is 3.25. The minimum atomic E-state index is -0.175. The molecular weight excluding hydrogens is 217 g/mol. The van der Waals surface area contributed by atoms with Crippen LogP contribution in [0.1, 0.15) is 29.9 Å².